The predicted octanol–water partition coefficient (Wildman–Crippen LogP) is 1.77. The fourth-order valence-corrected chi connectivity index (χ4v) is 2.32. The summed E-state index contributed by atoms with van der Waals surface area (Å²) in [5.74, 6) is 0.454. The van der Waals surface area contributed by atoms with Crippen molar-refractivity contribution in [2.45, 2.75) is 6.92 Å². The largest absolute Gasteiger partial charge is 0.268 e. The molecule has 0 unspecified atom stereocenters. The van der Waals surface area contributed by atoms with Crippen molar-refractivity contribution in [3.8, 4) is 11.3 Å². The third-order valence-corrected chi connectivity index (χ3v) is 3.17. The maximum atomic E-state index is 11.2. The number of hydrogen-bond donors (Lipinski definition) is 1. The first-order valence-electron chi connectivity index (χ1n) is 5.44. The molecule has 0 aliphatic rings. The van der Waals surface area contributed by atoms with Gasteiger partial charge in [-0.2, -0.15) is 5.10 Å². The normalized spacial score (nSPS) is 11.5. The summed E-state index contributed by atoms with van der Waals surface area (Å²) in [6.45, 7) is 1.99. The van der Waals surface area contributed by atoms with Gasteiger partial charge < -0.3 is 0 Å². The molecule has 0 saturated carbocycles. The molecule has 5 nitrogen and oxygen atoms in total. The van der Waals surface area contributed by atoms with Crippen molar-refractivity contribution in [1.29, 1.82) is 0 Å². The van der Waals surface area contributed by atoms with Gasteiger partial charge >= 0.3 is 0 Å². The Bertz CT molecular complexity index is 674. The Labute approximate surface area is 107 Å². The lowest BCUT2D eigenvalue weighted by molar-refractivity contribution is 0.606. The number of nitrogens with zero attached hydrogens (tertiary/aromatic N) is 2. The summed E-state index contributed by atoms with van der Waals surface area (Å²) in [6, 6.07) is 9.57. The molecule has 2 rings (SSSR count). The van der Waals surface area contributed by atoms with Crippen molar-refractivity contribution in [2.24, 2.45) is 7.05 Å². The molecule has 0 atom stereocenters. The predicted molar refractivity (Wildman–Crippen MR) is 71.8 cm³/mol. The van der Waals surface area contributed by atoms with E-state index in [0.717, 1.165) is 23.1 Å². The molecular weight excluding hydrogens is 250 g/mol. The van der Waals surface area contributed by atoms with Gasteiger partial charge in [0.15, 0.2) is 0 Å². The van der Waals surface area contributed by atoms with E-state index in [9.17, 15) is 8.42 Å². The first kappa shape index (κ1) is 12.6. The van der Waals surface area contributed by atoms with E-state index in [4.69, 9.17) is 0 Å². The lowest BCUT2D eigenvalue weighted by Crippen LogP contribution is -2.12. The Morgan fingerprint density at radius 3 is 2.56 bits per heavy atom. The smallest absolute Gasteiger partial charge is 0.230 e. The number of sulfonamides is 1. The summed E-state index contributed by atoms with van der Waals surface area (Å²) in [4.78, 5) is 0. The molecule has 96 valence electrons. The van der Waals surface area contributed by atoms with Crippen LogP contribution in [0.2, 0.25) is 0 Å². The van der Waals surface area contributed by atoms with E-state index in [1.165, 1.54) is 4.68 Å². The quantitative estimate of drug-likeness (QED) is 0.919. The van der Waals surface area contributed by atoms with Gasteiger partial charge in [0.25, 0.3) is 0 Å². The summed E-state index contributed by atoms with van der Waals surface area (Å²) < 4.78 is 26.4. The Kier molecular flexibility index (Phi) is 3.13. The first-order chi connectivity index (χ1) is 8.37. The molecular formula is C12H15N3O2S. The van der Waals surface area contributed by atoms with E-state index in [-0.39, 0.29) is 0 Å². The topological polar surface area (TPSA) is 64.0 Å². The summed E-state index contributed by atoms with van der Waals surface area (Å²) in [7, 11) is -1.59. The van der Waals surface area contributed by atoms with Crippen LogP contribution in [0.5, 0.6) is 0 Å². The maximum absolute atomic E-state index is 11.2. The Morgan fingerprint density at radius 2 is 1.94 bits per heavy atom. The maximum Gasteiger partial charge on any atom is 0.230 e. The van der Waals surface area contributed by atoms with Crippen molar-refractivity contribution in [2.75, 3.05) is 11.0 Å². The Morgan fingerprint density at radius 1 is 1.28 bits per heavy atom. The van der Waals surface area contributed by atoms with Crippen LogP contribution in [-0.2, 0) is 17.1 Å². The second kappa shape index (κ2) is 4.45. The molecule has 0 fully saturated rings. The molecule has 0 radical (unpaired) electrons. The standard InChI is InChI=1S/C12H15N3O2S/c1-9-6-4-5-7-10(9)11-8-12(15(2)13-11)14-18(3,16)17/h4-8,14H,1-3H3. The molecule has 0 bridgehead atoms. The van der Waals surface area contributed by atoms with Gasteiger partial charge in [-0.1, -0.05) is 24.3 Å². The fraction of sp³-hybridized carbons (Fsp3) is 0.250. The number of nitrogens with one attached hydrogen (secondary N) is 1. The van der Waals surface area contributed by atoms with Crippen LogP contribution in [0.3, 0.4) is 0 Å². The van der Waals surface area contributed by atoms with Crippen molar-refractivity contribution in [3.63, 3.8) is 0 Å². The lowest BCUT2D eigenvalue weighted by atomic mass is 10.1. The van der Waals surface area contributed by atoms with Crippen LogP contribution in [-0.4, -0.2) is 24.5 Å². The average Bonchev–Trinajstić information content (AvgIpc) is 2.58. The molecule has 0 amide bonds. The van der Waals surface area contributed by atoms with Crippen LogP contribution >= 0.6 is 0 Å². The second-order valence-electron chi connectivity index (χ2n) is 4.23. The molecule has 0 aliphatic carbocycles. The van der Waals surface area contributed by atoms with Gasteiger partial charge in [0.1, 0.15) is 5.82 Å². The van der Waals surface area contributed by atoms with Gasteiger partial charge in [-0.05, 0) is 12.5 Å². The first-order valence-corrected chi connectivity index (χ1v) is 7.34. The molecule has 0 spiro atoms. The number of anilines is 1. The summed E-state index contributed by atoms with van der Waals surface area (Å²) in [5, 5.41) is 4.32. The molecule has 1 aromatic heterocycles. The molecule has 1 heterocycles. The minimum Gasteiger partial charge on any atom is -0.268 e. The molecule has 6 heteroatoms. The molecule has 1 N–H and O–H groups in total. The van der Waals surface area contributed by atoms with E-state index in [0.29, 0.717) is 5.82 Å². The van der Waals surface area contributed by atoms with Gasteiger partial charge in [0.05, 0.1) is 11.9 Å². The SMILES string of the molecule is Cc1ccccc1-c1cc(NS(C)(=O)=O)n(C)n1. The van der Waals surface area contributed by atoms with E-state index in [1.54, 1.807) is 13.1 Å². The number of hydrogen-bond acceptors (Lipinski definition) is 3. The van der Waals surface area contributed by atoms with E-state index in [2.05, 4.69) is 9.82 Å². The molecule has 2 aromatic rings. The zero-order valence-corrected chi connectivity index (χ0v) is 11.3. The zero-order chi connectivity index (χ0) is 13.3. The number of rotatable bonds is 3. The Balaban J connectivity index is 2.44. The Hall–Kier alpha value is -1.82. The van der Waals surface area contributed by atoms with Gasteiger partial charge in [0, 0.05) is 18.7 Å². The highest BCUT2D eigenvalue weighted by Crippen LogP contribution is 2.24. The fourth-order valence-electron chi connectivity index (χ4n) is 1.74. The van der Waals surface area contributed by atoms with Crippen LogP contribution in [0.25, 0.3) is 11.3 Å². The monoisotopic (exact) mass is 265 g/mol. The summed E-state index contributed by atoms with van der Waals surface area (Å²) in [6.07, 6.45) is 1.12. The van der Waals surface area contributed by atoms with Crippen LogP contribution in [0.4, 0.5) is 5.82 Å². The van der Waals surface area contributed by atoms with E-state index >= 15 is 0 Å². The lowest BCUT2D eigenvalue weighted by Gasteiger charge is -2.01. The number of aromatic nitrogens is 2. The van der Waals surface area contributed by atoms with Crippen molar-refractivity contribution in [1.82, 2.24) is 9.78 Å². The molecule has 1 aromatic carbocycles. The molecule has 18 heavy (non-hydrogen) atoms. The van der Waals surface area contributed by atoms with Crippen LogP contribution in [0.15, 0.2) is 30.3 Å². The number of aryl methyl sites for hydroxylation is 2. The van der Waals surface area contributed by atoms with Crippen LogP contribution < -0.4 is 4.72 Å². The van der Waals surface area contributed by atoms with E-state index in [1.807, 2.05) is 31.2 Å². The summed E-state index contributed by atoms with van der Waals surface area (Å²) >= 11 is 0. The second-order valence-corrected chi connectivity index (χ2v) is 5.98. The van der Waals surface area contributed by atoms with Gasteiger partial charge in [0.2, 0.25) is 10.0 Å². The van der Waals surface area contributed by atoms with Crippen molar-refractivity contribution < 1.29 is 8.42 Å². The van der Waals surface area contributed by atoms with Gasteiger partial charge in [-0.15, -0.1) is 0 Å². The third-order valence-electron chi connectivity index (χ3n) is 2.59. The van der Waals surface area contributed by atoms with Crippen molar-refractivity contribution in [3.05, 3.63) is 35.9 Å². The molecule has 0 aliphatic heterocycles. The van der Waals surface area contributed by atoms with E-state index < -0.39 is 10.0 Å². The van der Waals surface area contributed by atoms with Crippen LogP contribution in [0.1, 0.15) is 5.56 Å². The average molecular weight is 265 g/mol. The minimum atomic E-state index is -3.29. The highest BCUT2D eigenvalue weighted by Gasteiger charge is 2.11. The highest BCUT2D eigenvalue weighted by atomic mass is 32.2. The zero-order valence-electron chi connectivity index (χ0n) is 10.5. The minimum absolute atomic E-state index is 0.454. The molecule has 0 saturated heterocycles. The van der Waals surface area contributed by atoms with Gasteiger partial charge in [-0.25, -0.2) is 8.42 Å². The number of benzene rings is 1. The van der Waals surface area contributed by atoms with Crippen LogP contribution in [0, 0.1) is 6.92 Å². The van der Waals surface area contributed by atoms with Gasteiger partial charge in [-0.3, -0.25) is 9.40 Å². The highest BCUT2D eigenvalue weighted by molar-refractivity contribution is 7.92. The van der Waals surface area contributed by atoms with Crippen molar-refractivity contribution >= 4 is 15.8 Å². The summed E-state index contributed by atoms with van der Waals surface area (Å²) in [5.41, 5.74) is 2.85. The third kappa shape index (κ3) is 2.70.